The van der Waals surface area contributed by atoms with E-state index in [2.05, 4.69) is 25.8 Å². The Hall–Kier alpha value is -0.0800. The highest BCUT2D eigenvalue weighted by Crippen LogP contribution is 2.26. The summed E-state index contributed by atoms with van der Waals surface area (Å²) in [6, 6.07) is 0.383. The van der Waals surface area contributed by atoms with Gasteiger partial charge in [0.25, 0.3) is 0 Å². The molecule has 60 valence electrons. The van der Waals surface area contributed by atoms with E-state index in [1.54, 1.807) is 0 Å². The van der Waals surface area contributed by atoms with E-state index >= 15 is 0 Å². The first kappa shape index (κ1) is 8.02. The molecule has 0 radical (unpaired) electrons. The first-order valence-corrected chi connectivity index (χ1v) is 3.94. The fraction of sp³-hybridized carbons (Fsp3) is 1.00. The van der Waals surface area contributed by atoms with Crippen molar-refractivity contribution < 1.29 is 0 Å². The van der Waals surface area contributed by atoms with Crippen LogP contribution in [0.3, 0.4) is 0 Å². The fourth-order valence-corrected chi connectivity index (χ4v) is 2.03. The van der Waals surface area contributed by atoms with Crippen LogP contribution in [0, 0.1) is 5.41 Å². The molecule has 0 aromatic heterocycles. The van der Waals surface area contributed by atoms with Gasteiger partial charge < -0.3 is 10.6 Å². The number of hydrogen-bond donors (Lipinski definition) is 1. The van der Waals surface area contributed by atoms with Gasteiger partial charge in [-0.05, 0) is 18.9 Å². The molecule has 0 bridgehead atoms. The highest BCUT2D eigenvalue weighted by atomic mass is 15.1. The van der Waals surface area contributed by atoms with Crippen LogP contribution in [0.15, 0.2) is 0 Å². The first-order valence-electron chi connectivity index (χ1n) is 3.94. The van der Waals surface area contributed by atoms with Gasteiger partial charge in [0, 0.05) is 19.1 Å². The van der Waals surface area contributed by atoms with E-state index in [-0.39, 0.29) is 0 Å². The summed E-state index contributed by atoms with van der Waals surface area (Å²) in [6.07, 6.45) is 1.16. The molecule has 0 saturated carbocycles. The molecule has 0 aromatic carbocycles. The first-order chi connectivity index (χ1) is 4.49. The van der Waals surface area contributed by atoms with Crippen LogP contribution < -0.4 is 5.73 Å². The maximum atomic E-state index is 5.86. The molecule has 0 aromatic rings. The maximum Gasteiger partial charge on any atom is 0.0173 e. The number of likely N-dealkylation sites (tertiary alicyclic amines) is 1. The highest BCUT2D eigenvalue weighted by Gasteiger charge is 2.28. The summed E-state index contributed by atoms with van der Waals surface area (Å²) in [5.41, 5.74) is 6.28. The molecular formula is C8H18N2. The Labute approximate surface area is 63.4 Å². The minimum absolute atomic E-state index is 0.383. The monoisotopic (exact) mass is 142 g/mol. The van der Waals surface area contributed by atoms with Gasteiger partial charge in [-0.3, -0.25) is 0 Å². The Morgan fingerprint density at radius 2 is 2.10 bits per heavy atom. The van der Waals surface area contributed by atoms with E-state index in [9.17, 15) is 0 Å². The molecule has 1 fully saturated rings. The molecular weight excluding hydrogens is 124 g/mol. The largest absolute Gasteiger partial charge is 0.327 e. The van der Waals surface area contributed by atoms with Gasteiger partial charge >= 0.3 is 0 Å². The lowest BCUT2D eigenvalue weighted by atomic mass is 9.82. The lowest BCUT2D eigenvalue weighted by molar-refractivity contribution is 0.125. The highest BCUT2D eigenvalue weighted by molar-refractivity contribution is 4.84. The number of hydrogen-bond acceptors (Lipinski definition) is 2. The molecule has 1 rings (SSSR count). The summed E-state index contributed by atoms with van der Waals surface area (Å²) in [7, 11) is 2.14. The molecule has 2 heteroatoms. The van der Waals surface area contributed by atoms with Gasteiger partial charge in [0.1, 0.15) is 0 Å². The van der Waals surface area contributed by atoms with Gasteiger partial charge in [0.05, 0.1) is 0 Å². The molecule has 2 nitrogen and oxygen atoms in total. The summed E-state index contributed by atoms with van der Waals surface area (Å²) in [5, 5.41) is 0. The third kappa shape index (κ3) is 1.96. The number of piperidine rings is 1. The van der Waals surface area contributed by atoms with Crippen LogP contribution in [-0.4, -0.2) is 31.1 Å². The molecule has 2 N–H and O–H groups in total. The van der Waals surface area contributed by atoms with Crippen molar-refractivity contribution in [2.45, 2.75) is 26.3 Å². The van der Waals surface area contributed by atoms with Crippen LogP contribution in [0.5, 0.6) is 0 Å². The zero-order valence-electron chi connectivity index (χ0n) is 7.22. The molecule has 1 aliphatic heterocycles. The Bertz CT molecular complexity index is 108. The van der Waals surface area contributed by atoms with Gasteiger partial charge in [-0.1, -0.05) is 13.8 Å². The Balaban J connectivity index is 2.51. The average molecular weight is 142 g/mol. The van der Waals surface area contributed by atoms with E-state index in [1.165, 1.54) is 6.54 Å². The number of rotatable bonds is 0. The van der Waals surface area contributed by atoms with Crippen molar-refractivity contribution in [3.05, 3.63) is 0 Å². The number of nitrogens with two attached hydrogens (primary N) is 1. The third-order valence-corrected chi connectivity index (χ3v) is 2.06. The molecule has 0 amide bonds. The summed E-state index contributed by atoms with van der Waals surface area (Å²) >= 11 is 0. The molecule has 1 saturated heterocycles. The topological polar surface area (TPSA) is 29.3 Å². The fourth-order valence-electron chi connectivity index (χ4n) is 2.03. The Morgan fingerprint density at radius 3 is 2.50 bits per heavy atom. The molecule has 1 atom stereocenters. The quantitative estimate of drug-likeness (QED) is 0.539. The Morgan fingerprint density at radius 1 is 1.50 bits per heavy atom. The predicted octanol–water partition coefficient (Wildman–Crippen LogP) is 0.675. The van der Waals surface area contributed by atoms with Crippen LogP contribution in [0.25, 0.3) is 0 Å². The van der Waals surface area contributed by atoms with E-state index in [0.29, 0.717) is 11.5 Å². The molecule has 1 aliphatic rings. The van der Waals surface area contributed by atoms with Crippen LogP contribution >= 0.6 is 0 Å². The molecule has 10 heavy (non-hydrogen) atoms. The van der Waals surface area contributed by atoms with Crippen LogP contribution in [0.1, 0.15) is 20.3 Å². The van der Waals surface area contributed by atoms with Crippen molar-refractivity contribution in [3.8, 4) is 0 Å². The van der Waals surface area contributed by atoms with Gasteiger partial charge in [-0.15, -0.1) is 0 Å². The smallest absolute Gasteiger partial charge is 0.0173 e. The zero-order valence-corrected chi connectivity index (χ0v) is 7.22. The second-order valence-electron chi connectivity index (χ2n) is 4.33. The minimum atomic E-state index is 0.383. The second-order valence-corrected chi connectivity index (χ2v) is 4.33. The van der Waals surface area contributed by atoms with Crippen molar-refractivity contribution in [1.29, 1.82) is 0 Å². The van der Waals surface area contributed by atoms with E-state index in [0.717, 1.165) is 13.0 Å². The summed E-state index contributed by atoms with van der Waals surface area (Å²) in [5.74, 6) is 0. The second kappa shape index (κ2) is 2.51. The normalized spacial score (nSPS) is 34.2. The molecule has 1 heterocycles. The Kier molecular flexibility index (Phi) is 2.02. The summed E-state index contributed by atoms with van der Waals surface area (Å²) in [4.78, 5) is 2.31. The van der Waals surface area contributed by atoms with E-state index < -0.39 is 0 Å². The number of nitrogens with zero attached hydrogens (tertiary/aromatic N) is 1. The summed E-state index contributed by atoms with van der Waals surface area (Å²) < 4.78 is 0. The van der Waals surface area contributed by atoms with Crippen LogP contribution in [0.4, 0.5) is 0 Å². The molecule has 0 aliphatic carbocycles. The molecule has 0 spiro atoms. The van der Waals surface area contributed by atoms with Crippen molar-refractivity contribution in [3.63, 3.8) is 0 Å². The minimum Gasteiger partial charge on any atom is -0.327 e. The average Bonchev–Trinajstić information content (AvgIpc) is 1.54. The zero-order chi connectivity index (χ0) is 7.78. The van der Waals surface area contributed by atoms with Crippen molar-refractivity contribution >= 4 is 0 Å². The molecule has 1 unspecified atom stereocenters. The lowest BCUT2D eigenvalue weighted by Crippen LogP contribution is -2.48. The maximum absolute atomic E-state index is 5.86. The van der Waals surface area contributed by atoms with Gasteiger partial charge in [-0.25, -0.2) is 0 Å². The van der Waals surface area contributed by atoms with Gasteiger partial charge in [0.2, 0.25) is 0 Å². The standard InChI is InChI=1S/C8H18N2/c1-8(2)4-7(9)5-10(3)6-8/h7H,4-6,9H2,1-3H3. The van der Waals surface area contributed by atoms with Gasteiger partial charge in [-0.2, -0.15) is 0 Å². The van der Waals surface area contributed by atoms with Gasteiger partial charge in [0.15, 0.2) is 0 Å². The number of likely N-dealkylation sites (N-methyl/N-ethyl adjacent to an activating group) is 1. The lowest BCUT2D eigenvalue weighted by Gasteiger charge is -2.39. The van der Waals surface area contributed by atoms with Crippen LogP contribution in [-0.2, 0) is 0 Å². The van der Waals surface area contributed by atoms with Crippen molar-refractivity contribution in [1.82, 2.24) is 4.90 Å². The predicted molar refractivity (Wildman–Crippen MR) is 43.9 cm³/mol. The SMILES string of the molecule is CN1CC(N)CC(C)(C)C1. The summed E-state index contributed by atoms with van der Waals surface area (Å²) in [6.45, 7) is 6.80. The van der Waals surface area contributed by atoms with Crippen LogP contribution in [0.2, 0.25) is 0 Å². The van der Waals surface area contributed by atoms with E-state index in [1.807, 2.05) is 0 Å². The van der Waals surface area contributed by atoms with E-state index in [4.69, 9.17) is 5.73 Å². The van der Waals surface area contributed by atoms with Crippen molar-refractivity contribution in [2.24, 2.45) is 11.1 Å². The van der Waals surface area contributed by atoms with Crippen molar-refractivity contribution in [2.75, 3.05) is 20.1 Å². The third-order valence-electron chi connectivity index (χ3n) is 2.06.